The summed E-state index contributed by atoms with van der Waals surface area (Å²) < 4.78 is 30.8. The van der Waals surface area contributed by atoms with Gasteiger partial charge in [-0.3, -0.25) is 4.72 Å². The first-order valence-corrected chi connectivity index (χ1v) is 9.83. The number of piperidine rings is 1. The Morgan fingerprint density at radius 1 is 1.33 bits per heavy atom. The molecule has 5 nitrogen and oxygen atoms in total. The Morgan fingerprint density at radius 3 is 2.62 bits per heavy atom. The summed E-state index contributed by atoms with van der Waals surface area (Å²) in [5.74, 6) is 0.364. The quantitative estimate of drug-likeness (QED) is 0.739. The number of hydrogen-bond acceptors (Lipinski definition) is 3. The lowest BCUT2D eigenvalue weighted by Crippen LogP contribution is -2.44. The maximum Gasteiger partial charge on any atom is 0.301 e. The van der Waals surface area contributed by atoms with Crippen molar-refractivity contribution >= 4 is 47.8 Å². The van der Waals surface area contributed by atoms with Crippen LogP contribution in [0.15, 0.2) is 27.1 Å². The number of hydrogen-bond donors (Lipinski definition) is 2. The Bertz CT molecular complexity index is 573. The highest BCUT2D eigenvalue weighted by molar-refractivity contribution is 9.11. The molecule has 1 aromatic rings. The van der Waals surface area contributed by atoms with Gasteiger partial charge in [0, 0.05) is 22.0 Å². The average molecular weight is 441 g/mol. The van der Waals surface area contributed by atoms with Gasteiger partial charge in [0.05, 0.1) is 5.69 Å². The Balaban J connectivity index is 2.14. The summed E-state index contributed by atoms with van der Waals surface area (Å²) in [7, 11) is -1.64. The summed E-state index contributed by atoms with van der Waals surface area (Å²) in [5.41, 5.74) is 0.535. The van der Waals surface area contributed by atoms with E-state index in [1.54, 1.807) is 0 Å². The van der Waals surface area contributed by atoms with Crippen LogP contribution in [-0.2, 0) is 10.2 Å². The first-order valence-electron chi connectivity index (χ1n) is 6.80. The fraction of sp³-hybridized carbons (Fsp3) is 0.538. The average Bonchev–Trinajstić information content (AvgIpc) is 2.44. The van der Waals surface area contributed by atoms with Crippen molar-refractivity contribution in [2.24, 2.45) is 5.92 Å². The van der Waals surface area contributed by atoms with Crippen LogP contribution in [0.3, 0.4) is 0 Å². The molecule has 0 spiro atoms. The molecule has 21 heavy (non-hydrogen) atoms. The molecule has 1 atom stereocenters. The number of nitrogens with zero attached hydrogens (tertiary/aromatic N) is 1. The maximum absolute atomic E-state index is 12.6. The third-order valence-corrected chi connectivity index (χ3v) is 6.30. The number of nitrogens with one attached hydrogen (secondary N) is 2. The Hall–Kier alpha value is -0.150. The SMILES string of the molecule is CNCC1CCCN(S(=O)(=O)Nc2c(Br)cccc2Br)C1. The van der Waals surface area contributed by atoms with Crippen molar-refractivity contribution in [2.45, 2.75) is 12.8 Å². The van der Waals surface area contributed by atoms with Gasteiger partial charge in [-0.2, -0.15) is 12.7 Å². The molecule has 1 fully saturated rings. The second-order valence-electron chi connectivity index (χ2n) is 5.13. The number of benzene rings is 1. The lowest BCUT2D eigenvalue weighted by molar-refractivity contribution is 0.264. The molecule has 2 rings (SSSR count). The monoisotopic (exact) mass is 439 g/mol. The number of halogens is 2. The van der Waals surface area contributed by atoms with E-state index in [0.29, 0.717) is 33.6 Å². The summed E-state index contributed by atoms with van der Waals surface area (Å²) in [6, 6.07) is 5.46. The van der Waals surface area contributed by atoms with Crippen LogP contribution in [0.4, 0.5) is 5.69 Å². The topological polar surface area (TPSA) is 61.4 Å². The van der Waals surface area contributed by atoms with Crippen LogP contribution in [0, 0.1) is 5.92 Å². The second kappa shape index (κ2) is 7.41. The van der Waals surface area contributed by atoms with Gasteiger partial charge in [0.25, 0.3) is 0 Å². The normalized spacial score (nSPS) is 20.4. The van der Waals surface area contributed by atoms with Crippen molar-refractivity contribution < 1.29 is 8.42 Å². The molecule has 0 saturated carbocycles. The van der Waals surface area contributed by atoms with Crippen molar-refractivity contribution in [3.8, 4) is 0 Å². The highest BCUT2D eigenvalue weighted by atomic mass is 79.9. The lowest BCUT2D eigenvalue weighted by atomic mass is 10.00. The predicted molar refractivity (Wildman–Crippen MR) is 92.6 cm³/mol. The van der Waals surface area contributed by atoms with E-state index >= 15 is 0 Å². The first-order chi connectivity index (χ1) is 9.94. The van der Waals surface area contributed by atoms with Crippen LogP contribution in [0.25, 0.3) is 0 Å². The largest absolute Gasteiger partial charge is 0.319 e. The summed E-state index contributed by atoms with van der Waals surface area (Å²) in [4.78, 5) is 0. The zero-order valence-electron chi connectivity index (χ0n) is 11.8. The molecule has 0 aromatic heterocycles. The van der Waals surface area contributed by atoms with Crippen LogP contribution < -0.4 is 10.0 Å². The van der Waals surface area contributed by atoms with E-state index in [-0.39, 0.29) is 0 Å². The van der Waals surface area contributed by atoms with E-state index in [0.717, 1.165) is 19.4 Å². The third-order valence-electron chi connectivity index (χ3n) is 3.51. The molecule has 1 unspecified atom stereocenters. The molecule has 0 amide bonds. The molecule has 1 aromatic carbocycles. The predicted octanol–water partition coefficient (Wildman–Crippen LogP) is 2.80. The van der Waals surface area contributed by atoms with Gasteiger partial charge < -0.3 is 5.32 Å². The maximum atomic E-state index is 12.6. The van der Waals surface area contributed by atoms with Crippen LogP contribution in [0.2, 0.25) is 0 Å². The first kappa shape index (κ1) is 17.2. The van der Waals surface area contributed by atoms with Crippen LogP contribution in [-0.4, -0.2) is 39.4 Å². The van der Waals surface area contributed by atoms with Crippen LogP contribution in [0.1, 0.15) is 12.8 Å². The Kier molecular flexibility index (Phi) is 6.07. The van der Waals surface area contributed by atoms with Crippen molar-refractivity contribution in [3.05, 3.63) is 27.1 Å². The number of rotatable bonds is 5. The van der Waals surface area contributed by atoms with Crippen molar-refractivity contribution in [1.82, 2.24) is 9.62 Å². The summed E-state index contributed by atoms with van der Waals surface area (Å²) in [6.45, 7) is 1.96. The fourth-order valence-electron chi connectivity index (χ4n) is 2.49. The Labute approximate surface area is 142 Å². The summed E-state index contributed by atoms with van der Waals surface area (Å²) >= 11 is 6.75. The van der Waals surface area contributed by atoms with Gasteiger partial charge in [0.2, 0.25) is 0 Å². The van der Waals surface area contributed by atoms with Crippen LogP contribution >= 0.6 is 31.9 Å². The van der Waals surface area contributed by atoms with Gasteiger partial charge in [0.15, 0.2) is 0 Å². The minimum atomic E-state index is -3.54. The standard InChI is InChI=1S/C13H19Br2N3O2S/c1-16-8-10-4-3-7-18(9-10)21(19,20)17-13-11(14)5-2-6-12(13)15/h2,5-6,10,16-17H,3-4,7-9H2,1H3. The van der Waals surface area contributed by atoms with Crippen molar-refractivity contribution in [2.75, 3.05) is 31.4 Å². The van der Waals surface area contributed by atoms with E-state index in [9.17, 15) is 8.42 Å². The minimum Gasteiger partial charge on any atom is -0.319 e. The molecule has 118 valence electrons. The summed E-state index contributed by atoms with van der Waals surface area (Å²) in [6.07, 6.45) is 1.95. The van der Waals surface area contributed by atoms with E-state index in [2.05, 4.69) is 41.9 Å². The van der Waals surface area contributed by atoms with Crippen molar-refractivity contribution in [1.29, 1.82) is 0 Å². The van der Waals surface area contributed by atoms with Crippen LogP contribution in [0.5, 0.6) is 0 Å². The second-order valence-corrected chi connectivity index (χ2v) is 8.51. The molecule has 0 bridgehead atoms. The van der Waals surface area contributed by atoms with Crippen molar-refractivity contribution in [3.63, 3.8) is 0 Å². The molecular formula is C13H19Br2N3O2S. The number of para-hydroxylation sites is 1. The molecule has 1 saturated heterocycles. The molecule has 0 radical (unpaired) electrons. The van der Waals surface area contributed by atoms with Gasteiger partial charge >= 0.3 is 10.2 Å². The van der Waals surface area contributed by atoms with Gasteiger partial charge in [-0.25, -0.2) is 0 Å². The smallest absolute Gasteiger partial charge is 0.301 e. The van der Waals surface area contributed by atoms with E-state index in [1.807, 2.05) is 25.2 Å². The Morgan fingerprint density at radius 2 is 2.00 bits per heavy atom. The molecular weight excluding hydrogens is 422 g/mol. The van der Waals surface area contributed by atoms with Gasteiger partial charge in [-0.1, -0.05) is 6.07 Å². The zero-order chi connectivity index (χ0) is 15.5. The van der Waals surface area contributed by atoms with Gasteiger partial charge in [-0.05, 0) is 76.3 Å². The minimum absolute atomic E-state index is 0.364. The van der Waals surface area contributed by atoms with Gasteiger partial charge in [-0.15, -0.1) is 0 Å². The van der Waals surface area contributed by atoms with Gasteiger partial charge in [0.1, 0.15) is 0 Å². The third kappa shape index (κ3) is 4.41. The zero-order valence-corrected chi connectivity index (χ0v) is 15.8. The fourth-order valence-corrected chi connectivity index (χ4v) is 5.33. The highest BCUT2D eigenvalue weighted by Gasteiger charge is 2.29. The summed E-state index contributed by atoms with van der Waals surface area (Å²) in [5, 5.41) is 3.12. The molecule has 8 heteroatoms. The lowest BCUT2D eigenvalue weighted by Gasteiger charge is -2.32. The molecule has 1 aliphatic rings. The number of anilines is 1. The molecule has 1 aliphatic heterocycles. The van der Waals surface area contributed by atoms with E-state index in [4.69, 9.17) is 0 Å². The molecule has 0 aliphatic carbocycles. The molecule has 1 heterocycles. The molecule has 2 N–H and O–H groups in total. The highest BCUT2D eigenvalue weighted by Crippen LogP contribution is 2.32. The van der Waals surface area contributed by atoms with E-state index < -0.39 is 10.2 Å². The van der Waals surface area contributed by atoms with E-state index in [1.165, 1.54) is 4.31 Å².